The Morgan fingerprint density at radius 3 is 2.56 bits per heavy atom. The molecule has 0 aliphatic carbocycles. The van der Waals surface area contributed by atoms with Gasteiger partial charge in [-0.05, 0) is 35.0 Å². The van der Waals surface area contributed by atoms with Crippen molar-refractivity contribution < 1.29 is 13.9 Å². The minimum Gasteiger partial charge on any atom is -0.479 e. The molecule has 0 aliphatic heterocycles. The molecule has 1 N–H and O–H groups in total. The van der Waals surface area contributed by atoms with E-state index in [-0.39, 0.29) is 17.1 Å². The maximum atomic E-state index is 13.8. The van der Waals surface area contributed by atoms with Crippen LogP contribution in [0.3, 0.4) is 0 Å². The standard InChI is InChI=1S/C20H13FN2O2/c21-17-8-4-3-7-16(17)19-23-18(20(24)25-19)12-22-15-10-9-13-5-1-2-6-14(13)11-15/h1-12,24H. The van der Waals surface area contributed by atoms with Gasteiger partial charge in [-0.1, -0.05) is 42.5 Å². The summed E-state index contributed by atoms with van der Waals surface area (Å²) in [5.41, 5.74) is 1.04. The smallest absolute Gasteiger partial charge is 0.312 e. The van der Waals surface area contributed by atoms with Crippen LogP contribution in [-0.4, -0.2) is 16.3 Å². The molecule has 1 heterocycles. The lowest BCUT2D eigenvalue weighted by atomic mass is 10.1. The zero-order valence-corrected chi connectivity index (χ0v) is 13.1. The Labute approximate surface area is 142 Å². The minimum atomic E-state index is -0.471. The maximum absolute atomic E-state index is 13.8. The zero-order chi connectivity index (χ0) is 17.2. The van der Waals surface area contributed by atoms with Crippen LogP contribution in [0.1, 0.15) is 5.69 Å². The van der Waals surface area contributed by atoms with E-state index >= 15 is 0 Å². The summed E-state index contributed by atoms with van der Waals surface area (Å²) < 4.78 is 19.0. The summed E-state index contributed by atoms with van der Waals surface area (Å²) in [5, 5.41) is 12.1. The normalized spacial score (nSPS) is 11.4. The number of aliphatic imine (C=N–C) groups is 1. The highest BCUT2D eigenvalue weighted by Gasteiger charge is 2.15. The molecule has 0 amide bonds. The second-order valence-electron chi connectivity index (χ2n) is 5.48. The van der Waals surface area contributed by atoms with Crippen molar-refractivity contribution in [2.75, 3.05) is 0 Å². The van der Waals surface area contributed by atoms with Crippen LogP contribution in [0.25, 0.3) is 22.2 Å². The van der Waals surface area contributed by atoms with Crippen LogP contribution < -0.4 is 0 Å². The van der Waals surface area contributed by atoms with E-state index in [1.807, 2.05) is 42.5 Å². The number of nitrogens with zero attached hydrogens (tertiary/aromatic N) is 2. The minimum absolute atomic E-state index is 0.00978. The van der Waals surface area contributed by atoms with Crippen LogP contribution in [0.2, 0.25) is 0 Å². The molecular weight excluding hydrogens is 319 g/mol. The first kappa shape index (κ1) is 15.1. The molecule has 0 saturated heterocycles. The molecule has 1 aromatic heterocycles. The van der Waals surface area contributed by atoms with Gasteiger partial charge in [-0.15, -0.1) is 0 Å². The van der Waals surface area contributed by atoms with Gasteiger partial charge in [0.1, 0.15) is 5.82 Å². The second-order valence-corrected chi connectivity index (χ2v) is 5.48. The fourth-order valence-electron chi connectivity index (χ4n) is 2.55. The Hall–Kier alpha value is -3.47. The van der Waals surface area contributed by atoms with E-state index in [0.717, 1.165) is 10.8 Å². The first-order valence-electron chi connectivity index (χ1n) is 7.68. The molecule has 0 spiro atoms. The molecular formula is C20H13FN2O2. The molecule has 0 atom stereocenters. The van der Waals surface area contributed by atoms with E-state index in [2.05, 4.69) is 9.98 Å². The molecule has 0 bridgehead atoms. The Kier molecular flexibility index (Phi) is 3.74. The predicted octanol–water partition coefficient (Wildman–Crippen LogP) is 5.09. The van der Waals surface area contributed by atoms with E-state index in [0.29, 0.717) is 5.69 Å². The molecule has 0 fully saturated rings. The van der Waals surface area contributed by atoms with Gasteiger partial charge in [0, 0.05) is 0 Å². The van der Waals surface area contributed by atoms with Gasteiger partial charge in [0.2, 0.25) is 5.89 Å². The van der Waals surface area contributed by atoms with Crippen LogP contribution in [0, 0.1) is 5.82 Å². The highest BCUT2D eigenvalue weighted by Crippen LogP contribution is 2.28. The molecule has 0 radical (unpaired) electrons. The molecule has 3 aromatic carbocycles. The van der Waals surface area contributed by atoms with E-state index < -0.39 is 11.8 Å². The average molecular weight is 332 g/mol. The van der Waals surface area contributed by atoms with Crippen LogP contribution in [-0.2, 0) is 0 Å². The number of fused-ring (bicyclic) bond motifs is 1. The quantitative estimate of drug-likeness (QED) is 0.532. The third-order valence-corrected chi connectivity index (χ3v) is 3.81. The fraction of sp³-hybridized carbons (Fsp3) is 0. The SMILES string of the molecule is Oc1oc(-c2ccccc2F)nc1C=Nc1ccc2ccccc2c1. The summed E-state index contributed by atoms with van der Waals surface area (Å²) in [6.45, 7) is 0. The third kappa shape index (κ3) is 2.99. The summed E-state index contributed by atoms with van der Waals surface area (Å²) in [6.07, 6.45) is 1.40. The lowest BCUT2D eigenvalue weighted by Crippen LogP contribution is -1.85. The summed E-state index contributed by atoms with van der Waals surface area (Å²) in [6, 6.07) is 19.8. The van der Waals surface area contributed by atoms with Gasteiger partial charge < -0.3 is 9.52 Å². The van der Waals surface area contributed by atoms with Crippen LogP contribution in [0.4, 0.5) is 10.1 Å². The molecule has 0 unspecified atom stereocenters. The number of hydrogen-bond donors (Lipinski definition) is 1. The van der Waals surface area contributed by atoms with Crippen LogP contribution in [0.5, 0.6) is 5.95 Å². The van der Waals surface area contributed by atoms with Crippen molar-refractivity contribution >= 4 is 22.7 Å². The van der Waals surface area contributed by atoms with Gasteiger partial charge in [-0.25, -0.2) is 9.37 Å². The van der Waals surface area contributed by atoms with Crippen molar-refractivity contribution in [3.05, 3.63) is 78.2 Å². The summed E-state index contributed by atoms with van der Waals surface area (Å²) in [4.78, 5) is 8.43. The van der Waals surface area contributed by atoms with Crippen molar-refractivity contribution in [2.45, 2.75) is 0 Å². The molecule has 4 aromatic rings. The van der Waals surface area contributed by atoms with Crippen molar-refractivity contribution in [1.82, 2.24) is 4.98 Å². The number of halogens is 1. The van der Waals surface area contributed by atoms with Crippen molar-refractivity contribution in [3.8, 4) is 17.4 Å². The number of aromatic nitrogens is 1. The molecule has 4 nitrogen and oxygen atoms in total. The molecule has 4 rings (SSSR count). The largest absolute Gasteiger partial charge is 0.479 e. The summed E-state index contributed by atoms with van der Waals surface area (Å²) in [5.74, 6) is -0.861. The first-order chi connectivity index (χ1) is 12.2. The van der Waals surface area contributed by atoms with Crippen molar-refractivity contribution in [2.24, 2.45) is 4.99 Å². The second kappa shape index (κ2) is 6.20. The van der Waals surface area contributed by atoms with Crippen LogP contribution in [0.15, 0.2) is 76.1 Å². The van der Waals surface area contributed by atoms with Gasteiger partial charge in [-0.3, -0.25) is 4.99 Å². The van der Waals surface area contributed by atoms with Gasteiger partial charge in [0.15, 0.2) is 5.69 Å². The van der Waals surface area contributed by atoms with E-state index in [1.165, 1.54) is 18.3 Å². The Morgan fingerprint density at radius 1 is 0.960 bits per heavy atom. The van der Waals surface area contributed by atoms with E-state index in [4.69, 9.17) is 4.42 Å². The number of rotatable bonds is 3. The topological polar surface area (TPSA) is 58.6 Å². The third-order valence-electron chi connectivity index (χ3n) is 3.81. The van der Waals surface area contributed by atoms with Gasteiger partial charge in [0.25, 0.3) is 0 Å². The molecule has 25 heavy (non-hydrogen) atoms. The van der Waals surface area contributed by atoms with Crippen molar-refractivity contribution in [1.29, 1.82) is 0 Å². The summed E-state index contributed by atoms with van der Waals surface area (Å²) in [7, 11) is 0. The zero-order valence-electron chi connectivity index (χ0n) is 13.1. The maximum Gasteiger partial charge on any atom is 0.312 e. The van der Waals surface area contributed by atoms with Gasteiger partial charge in [-0.2, -0.15) is 0 Å². The Morgan fingerprint density at radius 2 is 1.72 bits per heavy atom. The summed E-state index contributed by atoms with van der Waals surface area (Å²) >= 11 is 0. The van der Waals surface area contributed by atoms with E-state index in [9.17, 15) is 9.50 Å². The molecule has 5 heteroatoms. The lowest BCUT2D eigenvalue weighted by molar-refractivity contribution is 0.336. The number of benzene rings is 3. The Balaban J connectivity index is 1.66. The first-order valence-corrected chi connectivity index (χ1v) is 7.68. The highest BCUT2D eigenvalue weighted by molar-refractivity contribution is 5.88. The van der Waals surface area contributed by atoms with Gasteiger partial charge >= 0.3 is 5.95 Å². The average Bonchev–Trinajstić information content (AvgIpc) is 3.00. The van der Waals surface area contributed by atoms with Gasteiger partial charge in [0.05, 0.1) is 17.5 Å². The number of hydrogen-bond acceptors (Lipinski definition) is 4. The Bertz CT molecular complexity index is 1090. The molecule has 122 valence electrons. The van der Waals surface area contributed by atoms with Crippen LogP contribution >= 0.6 is 0 Å². The molecule has 0 aliphatic rings. The predicted molar refractivity (Wildman–Crippen MR) is 94.8 cm³/mol. The number of oxazole rings is 1. The lowest BCUT2D eigenvalue weighted by Gasteiger charge is -1.98. The molecule has 0 saturated carbocycles. The van der Waals surface area contributed by atoms with E-state index in [1.54, 1.807) is 12.1 Å². The number of aromatic hydroxyl groups is 1. The van der Waals surface area contributed by atoms with Crippen molar-refractivity contribution in [3.63, 3.8) is 0 Å². The highest BCUT2D eigenvalue weighted by atomic mass is 19.1. The monoisotopic (exact) mass is 332 g/mol. The fourth-order valence-corrected chi connectivity index (χ4v) is 2.55.